The van der Waals surface area contributed by atoms with Gasteiger partial charge in [-0.25, -0.2) is 4.98 Å². The molecule has 2 aromatic heterocycles. The molecule has 1 atom stereocenters. The highest BCUT2D eigenvalue weighted by Crippen LogP contribution is 2.38. The van der Waals surface area contributed by atoms with Crippen molar-refractivity contribution in [1.82, 2.24) is 14.8 Å². The maximum atomic E-state index is 6.40. The molecule has 0 saturated carbocycles. The van der Waals surface area contributed by atoms with Crippen molar-refractivity contribution in [3.05, 3.63) is 40.0 Å². The molecule has 25 heavy (non-hydrogen) atoms. The molecular formula is C18H17Cl2N3O2. The molecule has 5 nitrogen and oxygen atoms in total. The van der Waals surface area contributed by atoms with E-state index in [4.69, 9.17) is 37.8 Å². The fourth-order valence-corrected chi connectivity index (χ4v) is 3.60. The van der Waals surface area contributed by atoms with Gasteiger partial charge >= 0.3 is 0 Å². The van der Waals surface area contributed by atoms with Gasteiger partial charge in [0, 0.05) is 29.0 Å². The van der Waals surface area contributed by atoms with E-state index in [9.17, 15) is 0 Å². The Balaban J connectivity index is 1.87. The van der Waals surface area contributed by atoms with Crippen molar-refractivity contribution in [3.8, 4) is 17.0 Å². The van der Waals surface area contributed by atoms with Crippen LogP contribution < -0.4 is 4.74 Å². The topological polar surface area (TPSA) is 49.2 Å². The normalized spacial score (nSPS) is 16.2. The van der Waals surface area contributed by atoms with Crippen LogP contribution in [0.5, 0.6) is 5.75 Å². The van der Waals surface area contributed by atoms with Gasteiger partial charge in [0.2, 0.25) is 0 Å². The third-order valence-corrected chi connectivity index (χ3v) is 4.70. The van der Waals surface area contributed by atoms with Gasteiger partial charge in [-0.1, -0.05) is 23.2 Å². The number of hydrogen-bond donors (Lipinski definition) is 0. The zero-order valence-electron chi connectivity index (χ0n) is 13.9. The van der Waals surface area contributed by atoms with Gasteiger partial charge in [-0.05, 0) is 32.0 Å². The van der Waals surface area contributed by atoms with E-state index in [-0.39, 0.29) is 6.10 Å². The van der Waals surface area contributed by atoms with E-state index >= 15 is 0 Å². The summed E-state index contributed by atoms with van der Waals surface area (Å²) < 4.78 is 13.6. The molecule has 0 N–H and O–H groups in total. The number of benzene rings is 1. The zero-order valence-corrected chi connectivity index (χ0v) is 15.4. The average molecular weight is 378 g/mol. The van der Waals surface area contributed by atoms with E-state index in [1.807, 2.05) is 30.7 Å². The molecule has 0 bridgehead atoms. The first-order valence-corrected chi connectivity index (χ1v) is 8.90. The summed E-state index contributed by atoms with van der Waals surface area (Å²) in [6.07, 6.45) is -0.0779. The van der Waals surface area contributed by atoms with E-state index in [2.05, 4.69) is 4.98 Å². The SMILES string of the molecule is CCOCC1Cn2nc(-c3ccc(Cl)cc3Cl)c3nc(C)cc(c32)O1. The second kappa shape index (κ2) is 6.48. The summed E-state index contributed by atoms with van der Waals surface area (Å²) in [5, 5.41) is 5.91. The van der Waals surface area contributed by atoms with Crippen LogP contribution in [-0.4, -0.2) is 34.1 Å². The highest BCUT2D eigenvalue weighted by atomic mass is 35.5. The molecule has 0 fully saturated rings. The summed E-state index contributed by atoms with van der Waals surface area (Å²) in [6, 6.07) is 7.33. The molecule has 4 rings (SSSR count). The van der Waals surface area contributed by atoms with Crippen LogP contribution in [0.4, 0.5) is 0 Å². The summed E-state index contributed by atoms with van der Waals surface area (Å²) in [6.45, 7) is 5.70. The second-order valence-corrected chi connectivity index (χ2v) is 6.86. The molecule has 0 saturated heterocycles. The molecule has 130 valence electrons. The first kappa shape index (κ1) is 16.6. The van der Waals surface area contributed by atoms with E-state index in [1.165, 1.54) is 0 Å². The lowest BCUT2D eigenvalue weighted by Crippen LogP contribution is -2.32. The largest absolute Gasteiger partial charge is 0.484 e. The number of aryl methyl sites for hydroxylation is 1. The standard InChI is InChI=1S/C18H17Cl2N3O2/c1-3-24-9-12-8-23-18-15(25-12)6-10(2)21-17(18)16(22-23)13-5-4-11(19)7-14(13)20/h4-7,12H,3,8-9H2,1-2H3. The van der Waals surface area contributed by atoms with Crippen LogP contribution >= 0.6 is 23.2 Å². The number of hydrogen-bond acceptors (Lipinski definition) is 4. The van der Waals surface area contributed by atoms with E-state index in [0.717, 1.165) is 33.7 Å². The van der Waals surface area contributed by atoms with Crippen LogP contribution in [0.2, 0.25) is 10.0 Å². The minimum Gasteiger partial charge on any atom is -0.484 e. The maximum Gasteiger partial charge on any atom is 0.149 e. The smallest absolute Gasteiger partial charge is 0.149 e. The number of pyridine rings is 1. The van der Waals surface area contributed by atoms with Crippen LogP contribution in [0, 0.1) is 6.92 Å². The van der Waals surface area contributed by atoms with Crippen molar-refractivity contribution in [2.24, 2.45) is 0 Å². The molecule has 1 aliphatic rings. The molecule has 1 aliphatic heterocycles. The molecule has 0 spiro atoms. The van der Waals surface area contributed by atoms with Gasteiger partial charge in [-0.2, -0.15) is 5.10 Å². The Labute approximate surface area is 155 Å². The van der Waals surface area contributed by atoms with Crippen LogP contribution in [0.3, 0.4) is 0 Å². The van der Waals surface area contributed by atoms with Gasteiger partial charge < -0.3 is 9.47 Å². The van der Waals surface area contributed by atoms with Gasteiger partial charge in [-0.15, -0.1) is 0 Å². The quantitative estimate of drug-likeness (QED) is 0.670. The first-order chi connectivity index (χ1) is 12.1. The monoisotopic (exact) mass is 377 g/mol. The van der Waals surface area contributed by atoms with Crippen LogP contribution in [0.1, 0.15) is 12.6 Å². The van der Waals surface area contributed by atoms with Gasteiger partial charge in [0.15, 0.2) is 0 Å². The molecule has 1 aromatic carbocycles. The molecule has 3 heterocycles. The molecule has 0 radical (unpaired) electrons. The molecule has 1 unspecified atom stereocenters. The van der Waals surface area contributed by atoms with Crippen molar-refractivity contribution in [2.45, 2.75) is 26.5 Å². The Morgan fingerprint density at radius 3 is 2.92 bits per heavy atom. The Hall–Kier alpha value is -1.82. The number of ether oxygens (including phenoxy) is 2. The zero-order chi connectivity index (χ0) is 17.6. The lowest BCUT2D eigenvalue weighted by atomic mass is 10.1. The first-order valence-electron chi connectivity index (χ1n) is 8.14. The highest BCUT2D eigenvalue weighted by molar-refractivity contribution is 6.36. The molecule has 0 aliphatic carbocycles. The van der Waals surface area contributed by atoms with Gasteiger partial charge in [0.1, 0.15) is 28.6 Å². The van der Waals surface area contributed by atoms with Crippen molar-refractivity contribution in [1.29, 1.82) is 0 Å². The van der Waals surface area contributed by atoms with Crippen molar-refractivity contribution in [3.63, 3.8) is 0 Å². The van der Waals surface area contributed by atoms with E-state index in [1.54, 1.807) is 12.1 Å². The Kier molecular flexibility index (Phi) is 4.31. The fourth-order valence-electron chi connectivity index (χ4n) is 3.10. The number of rotatable bonds is 4. The Morgan fingerprint density at radius 2 is 2.16 bits per heavy atom. The molecule has 3 aromatic rings. The lowest BCUT2D eigenvalue weighted by Gasteiger charge is -2.24. The minimum atomic E-state index is -0.0779. The summed E-state index contributed by atoms with van der Waals surface area (Å²) in [5.74, 6) is 0.780. The summed E-state index contributed by atoms with van der Waals surface area (Å²) >= 11 is 12.4. The number of halogens is 2. The summed E-state index contributed by atoms with van der Waals surface area (Å²) in [4.78, 5) is 4.68. The predicted octanol–water partition coefficient (Wildman–Crippen LogP) is 4.51. The highest BCUT2D eigenvalue weighted by Gasteiger charge is 2.27. The lowest BCUT2D eigenvalue weighted by molar-refractivity contribution is 0.0419. The number of aromatic nitrogens is 3. The minimum absolute atomic E-state index is 0.0779. The summed E-state index contributed by atoms with van der Waals surface area (Å²) in [7, 11) is 0. The number of nitrogens with zero attached hydrogens (tertiary/aromatic N) is 3. The molecule has 7 heteroatoms. The average Bonchev–Trinajstić information content (AvgIpc) is 2.92. The fraction of sp³-hybridized carbons (Fsp3) is 0.333. The third-order valence-electron chi connectivity index (χ3n) is 4.15. The van der Waals surface area contributed by atoms with Crippen LogP contribution in [-0.2, 0) is 11.3 Å². The van der Waals surface area contributed by atoms with E-state index in [0.29, 0.717) is 29.8 Å². The Morgan fingerprint density at radius 1 is 1.32 bits per heavy atom. The maximum absolute atomic E-state index is 6.40. The second-order valence-electron chi connectivity index (χ2n) is 6.01. The van der Waals surface area contributed by atoms with Crippen molar-refractivity contribution < 1.29 is 9.47 Å². The third kappa shape index (κ3) is 2.97. The van der Waals surface area contributed by atoms with Crippen LogP contribution in [0.15, 0.2) is 24.3 Å². The van der Waals surface area contributed by atoms with E-state index < -0.39 is 0 Å². The van der Waals surface area contributed by atoms with Crippen molar-refractivity contribution in [2.75, 3.05) is 13.2 Å². The predicted molar refractivity (Wildman–Crippen MR) is 98.6 cm³/mol. The molecule has 0 amide bonds. The van der Waals surface area contributed by atoms with Crippen LogP contribution in [0.25, 0.3) is 22.3 Å². The van der Waals surface area contributed by atoms with Gasteiger partial charge in [0.25, 0.3) is 0 Å². The summed E-state index contributed by atoms with van der Waals surface area (Å²) in [5.41, 5.74) is 4.09. The Bertz CT molecular complexity index is 955. The van der Waals surface area contributed by atoms with Gasteiger partial charge in [0.05, 0.1) is 18.2 Å². The molecular weight excluding hydrogens is 361 g/mol. The van der Waals surface area contributed by atoms with Gasteiger partial charge in [-0.3, -0.25) is 4.68 Å². The van der Waals surface area contributed by atoms with Crippen molar-refractivity contribution >= 4 is 34.2 Å².